The molecule has 3 nitrogen and oxygen atoms in total. The molecule has 0 aliphatic heterocycles. The van der Waals surface area contributed by atoms with Crippen molar-refractivity contribution >= 4 is 29.1 Å². The molecular formula is C10H13Cl2NO2. The Balaban J connectivity index is 2.40. The van der Waals surface area contributed by atoms with Gasteiger partial charge in [-0.15, -0.1) is 11.6 Å². The Hall–Kier alpha value is -0.670. The van der Waals surface area contributed by atoms with Gasteiger partial charge in [0, 0.05) is 6.54 Å². The molecular weight excluding hydrogens is 237 g/mol. The Morgan fingerprint density at radius 3 is 2.93 bits per heavy atom. The van der Waals surface area contributed by atoms with Crippen LogP contribution in [0.15, 0.2) is 16.7 Å². The summed E-state index contributed by atoms with van der Waals surface area (Å²) in [6.45, 7) is 2.49. The average Bonchev–Trinajstić information content (AvgIpc) is 2.61. The van der Waals surface area contributed by atoms with Gasteiger partial charge in [-0.05, 0) is 24.1 Å². The summed E-state index contributed by atoms with van der Waals surface area (Å²) in [5.74, 6) is -0.254. The van der Waals surface area contributed by atoms with Crippen LogP contribution in [0.25, 0.3) is 0 Å². The summed E-state index contributed by atoms with van der Waals surface area (Å²) in [4.78, 5) is 11.5. The Labute approximate surface area is 98.7 Å². The fraction of sp³-hybridized carbons (Fsp3) is 0.500. The summed E-state index contributed by atoms with van der Waals surface area (Å²) in [6.07, 6.45) is 3.25. The van der Waals surface area contributed by atoms with E-state index in [1.807, 2.05) is 6.92 Å². The van der Waals surface area contributed by atoms with Crippen LogP contribution < -0.4 is 5.32 Å². The van der Waals surface area contributed by atoms with E-state index >= 15 is 0 Å². The fourth-order valence-corrected chi connectivity index (χ4v) is 1.67. The Bertz CT molecular complexity index is 325. The summed E-state index contributed by atoms with van der Waals surface area (Å²) >= 11 is 11.6. The maximum atomic E-state index is 11.5. The van der Waals surface area contributed by atoms with Gasteiger partial charge in [0.1, 0.15) is 0 Å². The van der Waals surface area contributed by atoms with Crippen LogP contribution >= 0.6 is 23.2 Å². The van der Waals surface area contributed by atoms with Gasteiger partial charge < -0.3 is 9.73 Å². The molecule has 0 bridgehead atoms. The summed E-state index contributed by atoms with van der Waals surface area (Å²) in [7, 11) is 0. The lowest BCUT2D eigenvalue weighted by atomic mass is 10.2. The van der Waals surface area contributed by atoms with Gasteiger partial charge in [-0.3, -0.25) is 4.79 Å². The standard InChI is InChI=1S/C10H13Cl2NO2/c1-2-3-7(11)6-13-10(14)8-4-5-15-9(8)12/h4-5,7H,2-3,6H2,1H3,(H,13,14). The highest BCUT2D eigenvalue weighted by Gasteiger charge is 2.13. The predicted octanol–water partition coefficient (Wildman–Crippen LogP) is 3.07. The molecule has 0 aliphatic carbocycles. The van der Waals surface area contributed by atoms with Crippen LogP contribution in [0, 0.1) is 0 Å². The first-order valence-electron chi connectivity index (χ1n) is 4.80. The molecule has 15 heavy (non-hydrogen) atoms. The third-order valence-corrected chi connectivity index (χ3v) is 2.61. The molecule has 1 aromatic heterocycles. The summed E-state index contributed by atoms with van der Waals surface area (Å²) in [5, 5.41) is 2.76. The van der Waals surface area contributed by atoms with Crippen molar-refractivity contribution in [2.45, 2.75) is 25.1 Å². The van der Waals surface area contributed by atoms with E-state index in [-0.39, 0.29) is 16.5 Å². The molecule has 1 atom stereocenters. The van der Waals surface area contributed by atoms with Crippen LogP contribution in [0.2, 0.25) is 5.22 Å². The molecule has 1 unspecified atom stereocenters. The van der Waals surface area contributed by atoms with Gasteiger partial charge in [-0.1, -0.05) is 13.3 Å². The molecule has 0 radical (unpaired) electrons. The minimum Gasteiger partial charge on any atom is -0.452 e. The number of alkyl halides is 1. The fourth-order valence-electron chi connectivity index (χ4n) is 1.17. The Morgan fingerprint density at radius 2 is 2.40 bits per heavy atom. The van der Waals surface area contributed by atoms with Gasteiger partial charge in [0.25, 0.3) is 5.91 Å². The van der Waals surface area contributed by atoms with E-state index in [4.69, 9.17) is 27.6 Å². The third-order valence-electron chi connectivity index (χ3n) is 1.95. The van der Waals surface area contributed by atoms with Crippen LogP contribution in [-0.2, 0) is 0 Å². The van der Waals surface area contributed by atoms with Crippen molar-refractivity contribution in [2.75, 3.05) is 6.54 Å². The van der Waals surface area contributed by atoms with Crippen molar-refractivity contribution in [3.63, 3.8) is 0 Å². The number of hydrogen-bond donors (Lipinski definition) is 1. The number of nitrogens with one attached hydrogen (secondary N) is 1. The summed E-state index contributed by atoms with van der Waals surface area (Å²) < 4.78 is 4.81. The van der Waals surface area contributed by atoms with Gasteiger partial charge in [-0.2, -0.15) is 0 Å². The van der Waals surface area contributed by atoms with E-state index in [9.17, 15) is 4.79 Å². The van der Waals surface area contributed by atoms with Gasteiger partial charge in [0.05, 0.1) is 17.2 Å². The van der Waals surface area contributed by atoms with Gasteiger partial charge in [-0.25, -0.2) is 0 Å². The molecule has 0 spiro atoms. The predicted molar refractivity (Wildman–Crippen MR) is 60.6 cm³/mol. The highest BCUT2D eigenvalue weighted by atomic mass is 35.5. The smallest absolute Gasteiger partial charge is 0.256 e. The highest BCUT2D eigenvalue weighted by Crippen LogP contribution is 2.16. The van der Waals surface area contributed by atoms with Crippen LogP contribution in [-0.4, -0.2) is 17.8 Å². The molecule has 0 fully saturated rings. The number of hydrogen-bond acceptors (Lipinski definition) is 2. The Morgan fingerprint density at radius 1 is 1.67 bits per heavy atom. The number of halogens is 2. The van der Waals surface area contributed by atoms with Crippen LogP contribution in [0.5, 0.6) is 0 Å². The van der Waals surface area contributed by atoms with Crippen molar-refractivity contribution < 1.29 is 9.21 Å². The van der Waals surface area contributed by atoms with Crippen molar-refractivity contribution in [2.24, 2.45) is 0 Å². The number of amides is 1. The average molecular weight is 250 g/mol. The van der Waals surface area contributed by atoms with E-state index in [1.54, 1.807) is 0 Å². The molecule has 0 saturated carbocycles. The number of furan rings is 1. The normalized spacial score (nSPS) is 12.5. The zero-order chi connectivity index (χ0) is 11.3. The third kappa shape index (κ3) is 3.76. The van der Waals surface area contributed by atoms with Gasteiger partial charge in [0.2, 0.25) is 5.22 Å². The van der Waals surface area contributed by atoms with E-state index in [2.05, 4.69) is 5.32 Å². The maximum Gasteiger partial charge on any atom is 0.256 e. The lowest BCUT2D eigenvalue weighted by Crippen LogP contribution is -2.29. The lowest BCUT2D eigenvalue weighted by molar-refractivity contribution is 0.0953. The monoisotopic (exact) mass is 249 g/mol. The van der Waals surface area contributed by atoms with Crippen LogP contribution in [0.4, 0.5) is 0 Å². The molecule has 1 amide bonds. The van der Waals surface area contributed by atoms with Crippen molar-refractivity contribution in [1.29, 1.82) is 0 Å². The lowest BCUT2D eigenvalue weighted by Gasteiger charge is -2.08. The minimum absolute atomic E-state index is 0.0374. The van der Waals surface area contributed by atoms with E-state index in [0.717, 1.165) is 12.8 Å². The molecule has 0 aromatic carbocycles. The number of carbonyl (C=O) groups excluding carboxylic acids is 1. The molecule has 1 aromatic rings. The van der Waals surface area contributed by atoms with E-state index < -0.39 is 0 Å². The second kappa shape index (κ2) is 6.03. The van der Waals surface area contributed by atoms with Crippen LogP contribution in [0.1, 0.15) is 30.1 Å². The maximum absolute atomic E-state index is 11.5. The SMILES string of the molecule is CCCC(Cl)CNC(=O)c1ccoc1Cl. The second-order valence-electron chi connectivity index (χ2n) is 3.20. The molecule has 1 N–H and O–H groups in total. The second-order valence-corrected chi connectivity index (χ2v) is 4.16. The van der Waals surface area contributed by atoms with E-state index in [1.165, 1.54) is 12.3 Å². The van der Waals surface area contributed by atoms with Gasteiger partial charge in [0.15, 0.2) is 0 Å². The van der Waals surface area contributed by atoms with Crippen molar-refractivity contribution in [1.82, 2.24) is 5.32 Å². The number of rotatable bonds is 5. The highest BCUT2D eigenvalue weighted by molar-refractivity contribution is 6.32. The zero-order valence-corrected chi connectivity index (χ0v) is 9.94. The van der Waals surface area contributed by atoms with Crippen molar-refractivity contribution in [3.05, 3.63) is 23.1 Å². The first-order chi connectivity index (χ1) is 7.15. The first-order valence-corrected chi connectivity index (χ1v) is 5.61. The molecule has 5 heteroatoms. The molecule has 1 heterocycles. The zero-order valence-electron chi connectivity index (χ0n) is 8.43. The molecule has 0 saturated heterocycles. The molecule has 84 valence electrons. The number of carbonyl (C=O) groups is 1. The van der Waals surface area contributed by atoms with Crippen LogP contribution in [0.3, 0.4) is 0 Å². The molecule has 1 rings (SSSR count). The summed E-state index contributed by atoms with van der Waals surface area (Å²) in [5.41, 5.74) is 0.344. The quantitative estimate of drug-likeness (QED) is 0.816. The topological polar surface area (TPSA) is 42.2 Å². The summed E-state index contributed by atoms with van der Waals surface area (Å²) in [6, 6.07) is 1.53. The minimum atomic E-state index is -0.254. The van der Waals surface area contributed by atoms with E-state index in [0.29, 0.717) is 12.1 Å². The Kier molecular flexibility index (Phi) is 4.99. The first kappa shape index (κ1) is 12.4. The molecule has 0 aliphatic rings. The van der Waals surface area contributed by atoms with Gasteiger partial charge >= 0.3 is 0 Å². The largest absolute Gasteiger partial charge is 0.452 e. The van der Waals surface area contributed by atoms with Crippen molar-refractivity contribution in [3.8, 4) is 0 Å².